The summed E-state index contributed by atoms with van der Waals surface area (Å²) in [6, 6.07) is 0. The topological polar surface area (TPSA) is 123 Å². The Kier molecular flexibility index (Phi) is 18.2. The molecule has 0 atom stereocenters. The van der Waals surface area contributed by atoms with Crippen LogP contribution in [0.5, 0.6) is 0 Å². The first-order chi connectivity index (χ1) is 14.7. The first kappa shape index (κ1) is 28.7. The summed E-state index contributed by atoms with van der Waals surface area (Å²) in [7, 11) is 0. The monoisotopic (exact) mass is 475 g/mol. The molecule has 8 nitrogen and oxygen atoms in total. The molecule has 0 aliphatic heterocycles. The first-order valence-corrected chi connectivity index (χ1v) is 9.97. The van der Waals surface area contributed by atoms with Crippen molar-refractivity contribution in [1.29, 1.82) is 0 Å². The number of carbonyl (C=O) groups is 2. The fraction of sp³-hybridized carbons (Fsp3) is 0.364. The van der Waals surface area contributed by atoms with E-state index in [4.69, 9.17) is 10.2 Å². The molecular weight excluding hydrogens is 443 g/mol. The smallest absolute Gasteiger partial charge is 0.395 e. The van der Waals surface area contributed by atoms with Crippen molar-refractivity contribution < 1.29 is 36.6 Å². The van der Waals surface area contributed by atoms with Crippen LogP contribution in [0.15, 0.2) is 72.2 Å². The van der Waals surface area contributed by atoms with Crippen LogP contribution in [-0.2, 0) is 26.4 Å². The van der Waals surface area contributed by atoms with Crippen LogP contribution in [0.25, 0.3) is 0 Å². The van der Waals surface area contributed by atoms with Crippen molar-refractivity contribution >= 4 is 11.6 Å². The number of hydrogen-bond donors (Lipinski definition) is 6. The summed E-state index contributed by atoms with van der Waals surface area (Å²) in [5.74, 6) is 0.0432. The Morgan fingerprint density at radius 2 is 1.00 bits per heavy atom. The van der Waals surface area contributed by atoms with Gasteiger partial charge in [-0.05, 0) is 24.3 Å². The minimum Gasteiger partial charge on any atom is -0.395 e. The molecular formula is C22H32CoN4O4+3. The molecule has 0 bridgehead atoms. The molecule has 0 aromatic rings. The van der Waals surface area contributed by atoms with Gasteiger partial charge >= 0.3 is 16.8 Å². The van der Waals surface area contributed by atoms with Crippen molar-refractivity contribution in [3.63, 3.8) is 0 Å². The zero-order valence-electron chi connectivity index (χ0n) is 17.5. The number of nitrogens with one attached hydrogen (secondary N) is 4. The zero-order valence-corrected chi connectivity index (χ0v) is 18.5. The maximum absolute atomic E-state index is 11.3. The number of rotatable bonds is 12. The third-order valence-corrected chi connectivity index (χ3v) is 3.82. The number of aliphatic hydroxyl groups excluding tert-OH is 2. The fourth-order valence-electron chi connectivity index (χ4n) is 2.29. The van der Waals surface area contributed by atoms with E-state index >= 15 is 0 Å². The Balaban J connectivity index is 0.000000562. The molecule has 2 aliphatic rings. The molecule has 0 radical (unpaired) electrons. The SMILES string of the molecule is O=C1C=CC=CC1=CNCCNCCO.O=C1C=CC=CC1=CNCCNCCO.[Co+3]. The van der Waals surface area contributed by atoms with Gasteiger partial charge in [-0.25, -0.2) is 0 Å². The van der Waals surface area contributed by atoms with Gasteiger partial charge in [-0.3, -0.25) is 9.59 Å². The maximum atomic E-state index is 11.3. The Morgan fingerprint density at radius 3 is 1.35 bits per heavy atom. The summed E-state index contributed by atoms with van der Waals surface area (Å²) < 4.78 is 0. The molecule has 0 heterocycles. The molecule has 9 heteroatoms. The molecule has 0 unspecified atom stereocenters. The van der Waals surface area contributed by atoms with Gasteiger partial charge in [0.2, 0.25) is 0 Å². The summed E-state index contributed by atoms with van der Waals surface area (Å²) in [5, 5.41) is 29.1. The van der Waals surface area contributed by atoms with E-state index in [1.54, 1.807) is 36.7 Å². The van der Waals surface area contributed by atoms with Gasteiger partial charge in [0.1, 0.15) is 0 Å². The molecule has 2 aliphatic carbocycles. The van der Waals surface area contributed by atoms with Crippen LogP contribution < -0.4 is 21.3 Å². The quantitative estimate of drug-likeness (QED) is 0.165. The van der Waals surface area contributed by atoms with Gasteiger partial charge in [0.25, 0.3) is 0 Å². The summed E-state index contributed by atoms with van der Waals surface area (Å²) >= 11 is 0. The van der Waals surface area contributed by atoms with Crippen molar-refractivity contribution in [1.82, 2.24) is 21.3 Å². The molecule has 6 N–H and O–H groups in total. The molecule has 0 spiro atoms. The van der Waals surface area contributed by atoms with Gasteiger partial charge in [0.05, 0.1) is 13.2 Å². The van der Waals surface area contributed by atoms with Crippen LogP contribution in [-0.4, -0.2) is 74.3 Å². The normalized spacial score (nSPS) is 16.8. The second-order valence-corrected chi connectivity index (χ2v) is 6.22. The van der Waals surface area contributed by atoms with Crippen LogP contribution in [0.2, 0.25) is 0 Å². The van der Waals surface area contributed by atoms with E-state index in [2.05, 4.69) is 21.3 Å². The van der Waals surface area contributed by atoms with E-state index in [0.717, 1.165) is 26.2 Å². The Bertz CT molecular complexity index is 652. The van der Waals surface area contributed by atoms with Crippen LogP contribution in [0.3, 0.4) is 0 Å². The van der Waals surface area contributed by atoms with Gasteiger partial charge in [0.15, 0.2) is 11.6 Å². The molecule has 31 heavy (non-hydrogen) atoms. The predicted molar refractivity (Wildman–Crippen MR) is 119 cm³/mol. The van der Waals surface area contributed by atoms with Gasteiger partial charge in [-0.1, -0.05) is 24.3 Å². The number of carbonyl (C=O) groups excluding carboxylic acids is 2. The number of hydrogen-bond acceptors (Lipinski definition) is 8. The van der Waals surface area contributed by atoms with Crippen LogP contribution in [0.4, 0.5) is 0 Å². The fourth-order valence-corrected chi connectivity index (χ4v) is 2.29. The predicted octanol–water partition coefficient (Wildman–Crippen LogP) is -0.529. The van der Waals surface area contributed by atoms with E-state index in [9.17, 15) is 9.59 Å². The molecule has 0 amide bonds. The van der Waals surface area contributed by atoms with Crippen molar-refractivity contribution in [3.8, 4) is 0 Å². The Labute approximate surface area is 194 Å². The largest absolute Gasteiger partial charge is 3.00 e. The molecule has 0 saturated heterocycles. The van der Waals surface area contributed by atoms with Crippen molar-refractivity contribution in [2.24, 2.45) is 0 Å². The number of ketones is 2. The van der Waals surface area contributed by atoms with Gasteiger partial charge < -0.3 is 31.5 Å². The van der Waals surface area contributed by atoms with Gasteiger partial charge in [-0.2, -0.15) is 0 Å². The number of allylic oxidation sites excluding steroid dienone is 10. The van der Waals surface area contributed by atoms with Crippen molar-refractivity contribution in [3.05, 3.63) is 72.2 Å². The maximum Gasteiger partial charge on any atom is 3.00 e. The molecule has 2 rings (SSSR count). The molecule has 0 saturated carbocycles. The van der Waals surface area contributed by atoms with E-state index < -0.39 is 0 Å². The van der Waals surface area contributed by atoms with Crippen LogP contribution in [0.1, 0.15) is 0 Å². The van der Waals surface area contributed by atoms with E-state index in [0.29, 0.717) is 24.2 Å². The Hall–Kier alpha value is -2.27. The number of aliphatic hydroxyl groups is 2. The second-order valence-electron chi connectivity index (χ2n) is 6.22. The van der Waals surface area contributed by atoms with Crippen molar-refractivity contribution in [2.75, 3.05) is 52.5 Å². The molecule has 0 aromatic heterocycles. The third kappa shape index (κ3) is 14.4. The van der Waals surface area contributed by atoms with Crippen molar-refractivity contribution in [2.45, 2.75) is 0 Å². The van der Waals surface area contributed by atoms with Gasteiger partial charge in [0, 0.05) is 62.8 Å². The van der Waals surface area contributed by atoms with E-state index in [1.165, 1.54) is 12.2 Å². The average molecular weight is 475 g/mol. The molecule has 170 valence electrons. The zero-order chi connectivity index (χ0) is 21.9. The van der Waals surface area contributed by atoms with Gasteiger partial charge in [-0.15, -0.1) is 0 Å². The third-order valence-electron chi connectivity index (χ3n) is 3.82. The molecule has 0 fully saturated rings. The molecule has 0 aromatic carbocycles. The van der Waals surface area contributed by atoms with Crippen LogP contribution in [0, 0.1) is 0 Å². The summed E-state index contributed by atoms with van der Waals surface area (Å²) in [4.78, 5) is 22.5. The van der Waals surface area contributed by atoms with E-state index in [-0.39, 0.29) is 41.6 Å². The minimum atomic E-state index is 0. The second kappa shape index (κ2) is 19.7. The summed E-state index contributed by atoms with van der Waals surface area (Å²) in [6.45, 7) is 4.47. The standard InChI is InChI=1S/2C11H16N2O2.Co/c2*14-8-7-12-5-6-13-9-10-3-1-2-4-11(10)15;/h2*1-4,9,12-14H,5-8H2;/q;;+3. The minimum absolute atomic E-state index is 0. The summed E-state index contributed by atoms with van der Waals surface area (Å²) in [5.41, 5.74) is 1.33. The first-order valence-electron chi connectivity index (χ1n) is 9.97. The summed E-state index contributed by atoms with van der Waals surface area (Å²) in [6.07, 6.45) is 17.2. The Morgan fingerprint density at radius 1 is 0.613 bits per heavy atom. The van der Waals surface area contributed by atoms with E-state index in [1.807, 2.05) is 12.2 Å². The van der Waals surface area contributed by atoms with Crippen LogP contribution >= 0.6 is 0 Å². The average Bonchev–Trinajstić information content (AvgIpc) is 2.76.